The zero-order valence-electron chi connectivity index (χ0n) is 18.4. The first-order chi connectivity index (χ1) is 15.0. The van der Waals surface area contributed by atoms with Crippen LogP contribution in [0, 0.1) is 20.8 Å². The number of piperazine rings is 1. The molecule has 1 amide bonds. The molecule has 2 heterocycles. The molecule has 0 radical (unpaired) electrons. The van der Waals surface area contributed by atoms with Crippen LogP contribution in [-0.2, 0) is 13.2 Å². The van der Waals surface area contributed by atoms with E-state index in [-0.39, 0.29) is 12.5 Å². The van der Waals surface area contributed by atoms with E-state index in [1.165, 1.54) is 11.1 Å². The van der Waals surface area contributed by atoms with E-state index in [9.17, 15) is 4.79 Å². The summed E-state index contributed by atoms with van der Waals surface area (Å²) in [6.07, 6.45) is 0. The Morgan fingerprint density at radius 3 is 2.35 bits per heavy atom. The smallest absolute Gasteiger partial charge is 0.276 e. The minimum Gasteiger partial charge on any atom is -0.488 e. The molecule has 1 aromatic heterocycles. The molecule has 6 heteroatoms. The quantitative estimate of drug-likeness (QED) is 0.601. The van der Waals surface area contributed by atoms with Gasteiger partial charge in [-0.2, -0.15) is 0 Å². The topological polar surface area (TPSA) is 58.8 Å². The van der Waals surface area contributed by atoms with Crippen LogP contribution in [0.2, 0.25) is 0 Å². The number of para-hydroxylation sites is 1. The Bertz CT molecular complexity index is 1050. The van der Waals surface area contributed by atoms with Gasteiger partial charge in [0.1, 0.15) is 18.1 Å². The molecular formula is C25H29N3O3. The molecule has 6 nitrogen and oxygen atoms in total. The zero-order valence-corrected chi connectivity index (χ0v) is 18.4. The van der Waals surface area contributed by atoms with Crippen LogP contribution in [-0.4, -0.2) is 47.0 Å². The highest BCUT2D eigenvalue weighted by Crippen LogP contribution is 2.22. The number of nitrogens with zero attached hydrogens (tertiary/aromatic N) is 3. The van der Waals surface area contributed by atoms with Crippen LogP contribution >= 0.6 is 0 Å². The van der Waals surface area contributed by atoms with Gasteiger partial charge in [0.2, 0.25) is 0 Å². The summed E-state index contributed by atoms with van der Waals surface area (Å²) >= 11 is 0. The number of aromatic nitrogens is 1. The summed E-state index contributed by atoms with van der Waals surface area (Å²) in [5, 5.41) is 4.06. The fraction of sp³-hybridized carbons (Fsp3) is 0.360. The van der Waals surface area contributed by atoms with Crippen LogP contribution in [0.5, 0.6) is 5.75 Å². The van der Waals surface area contributed by atoms with Crippen molar-refractivity contribution >= 4 is 5.91 Å². The number of carbonyl (C=O) groups is 1. The predicted molar refractivity (Wildman–Crippen MR) is 119 cm³/mol. The molecule has 162 valence electrons. The third-order valence-electron chi connectivity index (χ3n) is 5.97. The number of aryl methyl sites for hydroxylation is 3. The van der Waals surface area contributed by atoms with Gasteiger partial charge in [0.25, 0.3) is 5.91 Å². The maximum atomic E-state index is 13.2. The third-order valence-corrected chi connectivity index (χ3v) is 5.97. The van der Waals surface area contributed by atoms with Gasteiger partial charge in [0.15, 0.2) is 5.69 Å². The molecule has 1 saturated heterocycles. The van der Waals surface area contributed by atoms with Gasteiger partial charge in [-0.25, -0.2) is 0 Å². The number of ether oxygens (including phenoxy) is 1. The molecule has 0 spiro atoms. The van der Waals surface area contributed by atoms with Gasteiger partial charge in [-0.15, -0.1) is 0 Å². The first-order valence-electron chi connectivity index (χ1n) is 10.7. The molecule has 2 aromatic carbocycles. The Hall–Kier alpha value is -3.12. The fourth-order valence-electron chi connectivity index (χ4n) is 3.88. The third kappa shape index (κ3) is 4.80. The number of hydrogen-bond donors (Lipinski definition) is 0. The lowest BCUT2D eigenvalue weighted by Crippen LogP contribution is -2.48. The van der Waals surface area contributed by atoms with Gasteiger partial charge in [-0.05, 0) is 43.5 Å². The first kappa shape index (κ1) is 21.1. The maximum absolute atomic E-state index is 13.2. The van der Waals surface area contributed by atoms with E-state index < -0.39 is 0 Å². The lowest BCUT2D eigenvalue weighted by molar-refractivity contribution is 0.0616. The molecule has 0 atom stereocenters. The summed E-state index contributed by atoms with van der Waals surface area (Å²) in [4.78, 5) is 17.4. The van der Waals surface area contributed by atoms with Crippen LogP contribution in [0.25, 0.3) is 0 Å². The minimum atomic E-state index is -0.0872. The molecule has 0 bridgehead atoms. The van der Waals surface area contributed by atoms with Crippen LogP contribution in [0.15, 0.2) is 53.1 Å². The van der Waals surface area contributed by atoms with E-state index in [1.54, 1.807) is 0 Å². The Kier molecular flexibility index (Phi) is 6.37. The lowest BCUT2D eigenvalue weighted by atomic mass is 10.1. The molecule has 4 rings (SSSR count). The van der Waals surface area contributed by atoms with E-state index in [4.69, 9.17) is 9.26 Å². The second kappa shape index (κ2) is 9.35. The molecule has 0 saturated carbocycles. The standard InChI is InChI=1S/C25H29N3O3/c1-18-8-4-6-10-21(18)16-27-12-14-28(15-13-27)25(29)24-22(20(3)31-26-24)17-30-23-11-7-5-9-19(23)2/h4-11H,12-17H2,1-3H3. The van der Waals surface area contributed by atoms with Crippen molar-refractivity contribution in [2.45, 2.75) is 33.9 Å². The monoisotopic (exact) mass is 419 g/mol. The number of benzene rings is 2. The number of rotatable bonds is 6. The average molecular weight is 420 g/mol. The molecule has 31 heavy (non-hydrogen) atoms. The van der Waals surface area contributed by atoms with Gasteiger partial charge in [0.05, 0.1) is 5.56 Å². The summed E-state index contributed by atoms with van der Waals surface area (Å²) in [6.45, 7) is 10.2. The fourth-order valence-corrected chi connectivity index (χ4v) is 3.88. The Labute approximate surface area is 183 Å². The highest BCUT2D eigenvalue weighted by atomic mass is 16.5. The molecule has 3 aromatic rings. The first-order valence-corrected chi connectivity index (χ1v) is 10.7. The molecule has 1 fully saturated rings. The van der Waals surface area contributed by atoms with Gasteiger partial charge >= 0.3 is 0 Å². The molecule has 1 aliphatic rings. The largest absolute Gasteiger partial charge is 0.488 e. The Morgan fingerprint density at radius 2 is 1.65 bits per heavy atom. The van der Waals surface area contributed by atoms with Gasteiger partial charge in [-0.1, -0.05) is 47.6 Å². The van der Waals surface area contributed by atoms with Crippen LogP contribution in [0.3, 0.4) is 0 Å². The Morgan fingerprint density at radius 1 is 0.968 bits per heavy atom. The van der Waals surface area contributed by atoms with Crippen molar-refractivity contribution in [2.75, 3.05) is 26.2 Å². The SMILES string of the molecule is Cc1ccccc1CN1CCN(C(=O)c2noc(C)c2COc2ccccc2C)CC1. The van der Waals surface area contributed by atoms with E-state index >= 15 is 0 Å². The summed E-state index contributed by atoms with van der Waals surface area (Å²) in [5.41, 5.74) is 4.77. The van der Waals surface area contributed by atoms with Gasteiger partial charge in [0, 0.05) is 32.7 Å². The van der Waals surface area contributed by atoms with Crippen molar-refractivity contribution < 1.29 is 14.1 Å². The van der Waals surface area contributed by atoms with E-state index in [0.717, 1.165) is 36.5 Å². The molecule has 1 aliphatic heterocycles. The van der Waals surface area contributed by atoms with Crippen LogP contribution in [0.4, 0.5) is 0 Å². The second-order valence-electron chi connectivity index (χ2n) is 8.11. The minimum absolute atomic E-state index is 0.0872. The van der Waals surface area contributed by atoms with E-state index in [1.807, 2.05) is 43.0 Å². The number of amides is 1. The van der Waals surface area contributed by atoms with Crippen molar-refractivity contribution in [3.8, 4) is 5.75 Å². The zero-order chi connectivity index (χ0) is 21.8. The van der Waals surface area contributed by atoms with Crippen molar-refractivity contribution in [3.63, 3.8) is 0 Å². The van der Waals surface area contributed by atoms with Gasteiger partial charge < -0.3 is 14.2 Å². The molecule has 0 unspecified atom stereocenters. The predicted octanol–water partition coefficient (Wildman–Crippen LogP) is 4.14. The Balaban J connectivity index is 1.38. The van der Waals surface area contributed by atoms with Crippen molar-refractivity contribution in [1.82, 2.24) is 15.0 Å². The molecular weight excluding hydrogens is 390 g/mol. The summed E-state index contributed by atoms with van der Waals surface area (Å²) in [5.74, 6) is 1.33. The van der Waals surface area contributed by atoms with Crippen molar-refractivity contribution in [1.29, 1.82) is 0 Å². The lowest BCUT2D eigenvalue weighted by Gasteiger charge is -2.34. The molecule has 0 aliphatic carbocycles. The second-order valence-corrected chi connectivity index (χ2v) is 8.11. The average Bonchev–Trinajstić information content (AvgIpc) is 3.15. The normalized spacial score (nSPS) is 14.6. The highest BCUT2D eigenvalue weighted by Gasteiger charge is 2.28. The van der Waals surface area contributed by atoms with Crippen molar-refractivity contribution in [2.24, 2.45) is 0 Å². The highest BCUT2D eigenvalue weighted by molar-refractivity contribution is 5.93. The molecule has 0 N–H and O–H groups in total. The van der Waals surface area contributed by atoms with Crippen LogP contribution in [0.1, 0.15) is 38.5 Å². The summed E-state index contributed by atoms with van der Waals surface area (Å²) < 4.78 is 11.3. The van der Waals surface area contributed by atoms with E-state index in [0.29, 0.717) is 24.5 Å². The van der Waals surface area contributed by atoms with Gasteiger partial charge in [-0.3, -0.25) is 9.69 Å². The maximum Gasteiger partial charge on any atom is 0.276 e. The van der Waals surface area contributed by atoms with Crippen molar-refractivity contribution in [3.05, 3.63) is 82.2 Å². The number of hydrogen-bond acceptors (Lipinski definition) is 5. The van der Waals surface area contributed by atoms with Crippen LogP contribution < -0.4 is 4.74 Å². The summed E-state index contributed by atoms with van der Waals surface area (Å²) in [6, 6.07) is 16.3. The van der Waals surface area contributed by atoms with E-state index in [2.05, 4.69) is 41.2 Å². The summed E-state index contributed by atoms with van der Waals surface area (Å²) in [7, 11) is 0. The number of carbonyl (C=O) groups excluding carboxylic acids is 1.